The molecule has 1 amide bonds. The number of likely N-dealkylation sites (N-methyl/N-ethyl adjacent to an activating group) is 1. The van der Waals surface area contributed by atoms with E-state index in [1.807, 2.05) is 6.92 Å². The summed E-state index contributed by atoms with van der Waals surface area (Å²) in [6.45, 7) is 3.61. The standard InChI is InChI=1S/C6H11NO/c1-4-5(2)6(8)7-3/h4H,1-3H3,(H,7,8)/b5-4+. The van der Waals surface area contributed by atoms with E-state index in [-0.39, 0.29) is 5.91 Å². The summed E-state index contributed by atoms with van der Waals surface area (Å²) in [6, 6.07) is 0. The first-order valence-corrected chi connectivity index (χ1v) is 2.57. The molecule has 0 bridgehead atoms. The van der Waals surface area contributed by atoms with Crippen LogP contribution in [0.2, 0.25) is 0 Å². The van der Waals surface area contributed by atoms with Crippen molar-refractivity contribution in [3.05, 3.63) is 11.6 Å². The van der Waals surface area contributed by atoms with Crippen LogP contribution in [0.1, 0.15) is 13.8 Å². The number of hydrogen-bond acceptors (Lipinski definition) is 1. The highest BCUT2D eigenvalue weighted by atomic mass is 16.1. The first-order chi connectivity index (χ1) is 3.72. The number of carbonyl (C=O) groups excluding carboxylic acids is 1. The van der Waals surface area contributed by atoms with E-state index in [0.29, 0.717) is 0 Å². The summed E-state index contributed by atoms with van der Waals surface area (Å²) in [5, 5.41) is 2.51. The van der Waals surface area contributed by atoms with Gasteiger partial charge in [-0.15, -0.1) is 0 Å². The Labute approximate surface area is 49.6 Å². The molecule has 2 heteroatoms. The SMILES string of the molecule is C/C=C(\C)C(=O)NC. The number of nitrogens with one attached hydrogen (secondary N) is 1. The Morgan fingerprint density at radius 3 is 2.25 bits per heavy atom. The molecule has 2 nitrogen and oxygen atoms in total. The molecule has 1 N–H and O–H groups in total. The second-order valence-corrected chi connectivity index (χ2v) is 1.55. The summed E-state index contributed by atoms with van der Waals surface area (Å²) >= 11 is 0. The molecule has 0 heterocycles. The van der Waals surface area contributed by atoms with Crippen molar-refractivity contribution in [2.45, 2.75) is 13.8 Å². The summed E-state index contributed by atoms with van der Waals surface area (Å²) < 4.78 is 0. The molecule has 0 aliphatic carbocycles. The van der Waals surface area contributed by atoms with E-state index in [4.69, 9.17) is 0 Å². The van der Waals surface area contributed by atoms with E-state index in [9.17, 15) is 4.79 Å². The van der Waals surface area contributed by atoms with E-state index in [2.05, 4.69) is 5.32 Å². The number of rotatable bonds is 1. The molecule has 0 aromatic rings. The number of carbonyl (C=O) groups is 1. The van der Waals surface area contributed by atoms with Gasteiger partial charge in [0, 0.05) is 12.6 Å². The molecule has 0 saturated carbocycles. The van der Waals surface area contributed by atoms with Gasteiger partial charge in [0.25, 0.3) is 0 Å². The average molecular weight is 113 g/mol. The zero-order valence-corrected chi connectivity index (χ0v) is 5.49. The smallest absolute Gasteiger partial charge is 0.246 e. The third-order valence-corrected chi connectivity index (χ3v) is 1.02. The Kier molecular flexibility index (Phi) is 2.92. The zero-order valence-electron chi connectivity index (χ0n) is 5.49. The molecule has 0 unspecified atom stereocenters. The van der Waals surface area contributed by atoms with Crippen LogP contribution in [0.25, 0.3) is 0 Å². The van der Waals surface area contributed by atoms with Crippen molar-refractivity contribution >= 4 is 5.91 Å². The summed E-state index contributed by atoms with van der Waals surface area (Å²) in [7, 11) is 1.62. The maximum atomic E-state index is 10.6. The van der Waals surface area contributed by atoms with Gasteiger partial charge in [0.15, 0.2) is 0 Å². The molecule has 0 atom stereocenters. The van der Waals surface area contributed by atoms with Gasteiger partial charge in [-0.2, -0.15) is 0 Å². The summed E-state index contributed by atoms with van der Waals surface area (Å²) in [6.07, 6.45) is 1.78. The van der Waals surface area contributed by atoms with Crippen LogP contribution in [0.4, 0.5) is 0 Å². The molecule has 8 heavy (non-hydrogen) atoms. The molecule has 0 aromatic carbocycles. The van der Waals surface area contributed by atoms with Crippen LogP contribution in [0.3, 0.4) is 0 Å². The van der Waals surface area contributed by atoms with E-state index in [1.165, 1.54) is 0 Å². The van der Waals surface area contributed by atoms with Gasteiger partial charge >= 0.3 is 0 Å². The minimum atomic E-state index is -0.00694. The zero-order chi connectivity index (χ0) is 6.57. The monoisotopic (exact) mass is 113 g/mol. The Morgan fingerprint density at radius 2 is 2.12 bits per heavy atom. The first kappa shape index (κ1) is 7.21. The summed E-state index contributed by atoms with van der Waals surface area (Å²) in [4.78, 5) is 10.6. The fourth-order valence-corrected chi connectivity index (χ4v) is 0.328. The van der Waals surface area contributed by atoms with Crippen LogP contribution < -0.4 is 5.32 Å². The Bertz CT molecular complexity index is 116. The molecule has 0 aliphatic heterocycles. The van der Waals surface area contributed by atoms with Crippen LogP contribution >= 0.6 is 0 Å². The van der Waals surface area contributed by atoms with Gasteiger partial charge in [0.2, 0.25) is 5.91 Å². The number of amides is 1. The first-order valence-electron chi connectivity index (χ1n) is 2.57. The summed E-state index contributed by atoms with van der Waals surface area (Å²) in [5.41, 5.74) is 0.757. The third-order valence-electron chi connectivity index (χ3n) is 1.02. The van der Waals surface area contributed by atoms with Crippen molar-refractivity contribution in [2.24, 2.45) is 0 Å². The lowest BCUT2D eigenvalue weighted by Crippen LogP contribution is -2.18. The maximum absolute atomic E-state index is 10.6. The van der Waals surface area contributed by atoms with Gasteiger partial charge in [0.05, 0.1) is 0 Å². The molecule has 0 spiro atoms. The van der Waals surface area contributed by atoms with E-state index >= 15 is 0 Å². The topological polar surface area (TPSA) is 29.1 Å². The fourth-order valence-electron chi connectivity index (χ4n) is 0.328. The molecular weight excluding hydrogens is 102 g/mol. The van der Waals surface area contributed by atoms with E-state index in [0.717, 1.165) is 5.57 Å². The molecule has 0 rings (SSSR count). The van der Waals surface area contributed by atoms with Gasteiger partial charge in [-0.1, -0.05) is 6.08 Å². The lowest BCUT2D eigenvalue weighted by atomic mass is 10.3. The quantitative estimate of drug-likeness (QED) is 0.498. The maximum Gasteiger partial charge on any atom is 0.246 e. The molecule has 0 saturated heterocycles. The highest BCUT2D eigenvalue weighted by Crippen LogP contribution is 1.88. The molecule has 0 radical (unpaired) electrons. The van der Waals surface area contributed by atoms with Crippen LogP contribution in [0, 0.1) is 0 Å². The van der Waals surface area contributed by atoms with Crippen LogP contribution in [0.5, 0.6) is 0 Å². The molecule has 0 aromatic heterocycles. The van der Waals surface area contributed by atoms with Crippen molar-refractivity contribution in [3.63, 3.8) is 0 Å². The lowest BCUT2D eigenvalue weighted by molar-refractivity contribution is -0.117. The van der Waals surface area contributed by atoms with Crippen molar-refractivity contribution in [2.75, 3.05) is 7.05 Å². The van der Waals surface area contributed by atoms with Crippen molar-refractivity contribution in [1.29, 1.82) is 0 Å². The second kappa shape index (κ2) is 3.24. The third kappa shape index (κ3) is 1.78. The highest BCUT2D eigenvalue weighted by molar-refractivity contribution is 5.92. The van der Waals surface area contributed by atoms with Crippen LogP contribution in [0.15, 0.2) is 11.6 Å². The number of hydrogen-bond donors (Lipinski definition) is 1. The predicted octanol–water partition coefficient (Wildman–Crippen LogP) is 0.699. The van der Waals surface area contributed by atoms with Crippen molar-refractivity contribution < 1.29 is 4.79 Å². The normalized spacial score (nSPS) is 11.1. The molecule has 0 fully saturated rings. The minimum absolute atomic E-state index is 0.00694. The lowest BCUT2D eigenvalue weighted by Gasteiger charge is -1.94. The van der Waals surface area contributed by atoms with Crippen molar-refractivity contribution in [3.8, 4) is 0 Å². The van der Waals surface area contributed by atoms with Gasteiger partial charge in [0.1, 0.15) is 0 Å². The number of allylic oxidation sites excluding steroid dienone is 1. The van der Waals surface area contributed by atoms with Gasteiger partial charge in [-0.25, -0.2) is 0 Å². The van der Waals surface area contributed by atoms with Gasteiger partial charge < -0.3 is 5.32 Å². The van der Waals surface area contributed by atoms with Gasteiger partial charge in [-0.05, 0) is 13.8 Å². The second-order valence-electron chi connectivity index (χ2n) is 1.55. The highest BCUT2D eigenvalue weighted by Gasteiger charge is 1.95. The predicted molar refractivity (Wildman–Crippen MR) is 33.5 cm³/mol. The van der Waals surface area contributed by atoms with Crippen LogP contribution in [-0.4, -0.2) is 13.0 Å². The Morgan fingerprint density at radius 1 is 1.62 bits per heavy atom. The average Bonchev–Trinajstić information content (AvgIpc) is 1.84. The Balaban J connectivity index is 3.83. The Hall–Kier alpha value is -0.790. The largest absolute Gasteiger partial charge is 0.355 e. The molecular formula is C6H11NO. The molecule has 0 aliphatic rings. The van der Waals surface area contributed by atoms with E-state index < -0.39 is 0 Å². The van der Waals surface area contributed by atoms with Crippen molar-refractivity contribution in [1.82, 2.24) is 5.32 Å². The van der Waals surface area contributed by atoms with E-state index in [1.54, 1.807) is 20.0 Å². The molecule has 46 valence electrons. The van der Waals surface area contributed by atoms with Crippen LogP contribution in [-0.2, 0) is 4.79 Å². The summed E-state index contributed by atoms with van der Waals surface area (Å²) in [5.74, 6) is -0.00694. The minimum Gasteiger partial charge on any atom is -0.355 e. The fraction of sp³-hybridized carbons (Fsp3) is 0.500. The van der Waals surface area contributed by atoms with Gasteiger partial charge in [-0.3, -0.25) is 4.79 Å².